The Labute approximate surface area is 95.2 Å². The first kappa shape index (κ1) is 12.6. The van der Waals surface area contributed by atoms with E-state index >= 15 is 0 Å². The summed E-state index contributed by atoms with van der Waals surface area (Å²) in [5.41, 5.74) is 5.73. The van der Waals surface area contributed by atoms with Crippen LogP contribution in [0.4, 0.5) is 0 Å². The van der Waals surface area contributed by atoms with Gasteiger partial charge in [0.2, 0.25) is 5.91 Å². The van der Waals surface area contributed by atoms with E-state index in [2.05, 4.69) is 15.4 Å². The Hall–Kier alpha value is -1.43. The molecular formula is C10H19N5O. The van der Waals surface area contributed by atoms with Crippen molar-refractivity contribution in [1.82, 2.24) is 20.1 Å². The van der Waals surface area contributed by atoms with Gasteiger partial charge in [-0.2, -0.15) is 5.10 Å². The molecule has 1 aromatic rings. The highest BCUT2D eigenvalue weighted by atomic mass is 16.2. The van der Waals surface area contributed by atoms with Crippen molar-refractivity contribution in [3.05, 3.63) is 12.2 Å². The summed E-state index contributed by atoms with van der Waals surface area (Å²) in [7, 11) is 1.78. The summed E-state index contributed by atoms with van der Waals surface area (Å²) >= 11 is 0. The minimum absolute atomic E-state index is 0.152. The highest BCUT2D eigenvalue weighted by molar-refractivity contribution is 5.81. The van der Waals surface area contributed by atoms with E-state index in [1.165, 1.54) is 0 Å². The number of nitrogens with one attached hydrogen (secondary N) is 1. The Morgan fingerprint density at radius 3 is 2.81 bits per heavy atom. The molecule has 90 valence electrons. The zero-order valence-corrected chi connectivity index (χ0v) is 9.97. The molecular weight excluding hydrogens is 206 g/mol. The summed E-state index contributed by atoms with van der Waals surface area (Å²) in [6.45, 7) is 4.40. The van der Waals surface area contributed by atoms with E-state index in [4.69, 9.17) is 5.73 Å². The predicted octanol–water partition coefficient (Wildman–Crippen LogP) is -0.195. The molecule has 6 heteroatoms. The lowest BCUT2D eigenvalue weighted by molar-refractivity contribution is -0.122. The Morgan fingerprint density at radius 2 is 2.31 bits per heavy atom. The summed E-state index contributed by atoms with van der Waals surface area (Å²) in [6.07, 6.45) is 2.27. The highest BCUT2D eigenvalue weighted by Gasteiger charge is 2.14. The lowest BCUT2D eigenvalue weighted by Crippen LogP contribution is -2.41. The fourth-order valence-electron chi connectivity index (χ4n) is 1.38. The molecule has 16 heavy (non-hydrogen) atoms. The molecule has 1 amide bonds. The number of carbonyl (C=O) groups is 1. The van der Waals surface area contributed by atoms with Crippen LogP contribution < -0.4 is 11.1 Å². The van der Waals surface area contributed by atoms with Crippen LogP contribution in [0.5, 0.6) is 0 Å². The van der Waals surface area contributed by atoms with Gasteiger partial charge in [-0.05, 0) is 12.3 Å². The SMILES string of the molecule is CC(C)C[C@@H](N)C(=O)NCc1ncn(C)n1. The van der Waals surface area contributed by atoms with Crippen LogP contribution in [0.15, 0.2) is 6.33 Å². The summed E-state index contributed by atoms with van der Waals surface area (Å²) in [5, 5.41) is 6.77. The number of aromatic nitrogens is 3. The number of aryl methyl sites for hydroxylation is 1. The fraction of sp³-hybridized carbons (Fsp3) is 0.700. The lowest BCUT2D eigenvalue weighted by Gasteiger charge is -2.13. The van der Waals surface area contributed by atoms with Gasteiger partial charge in [-0.25, -0.2) is 4.98 Å². The van der Waals surface area contributed by atoms with Gasteiger partial charge in [-0.15, -0.1) is 0 Å². The molecule has 0 radical (unpaired) electrons. The Morgan fingerprint density at radius 1 is 1.62 bits per heavy atom. The van der Waals surface area contributed by atoms with Crippen molar-refractivity contribution in [2.75, 3.05) is 0 Å². The van der Waals surface area contributed by atoms with Crippen molar-refractivity contribution in [2.24, 2.45) is 18.7 Å². The number of hydrogen-bond acceptors (Lipinski definition) is 4. The monoisotopic (exact) mass is 225 g/mol. The third-order valence-electron chi connectivity index (χ3n) is 2.13. The molecule has 1 rings (SSSR count). The highest BCUT2D eigenvalue weighted by Crippen LogP contribution is 2.02. The van der Waals surface area contributed by atoms with E-state index in [0.29, 0.717) is 24.7 Å². The van der Waals surface area contributed by atoms with Gasteiger partial charge >= 0.3 is 0 Å². The van der Waals surface area contributed by atoms with Crippen LogP contribution in [-0.2, 0) is 18.4 Å². The van der Waals surface area contributed by atoms with E-state index in [9.17, 15) is 4.79 Å². The molecule has 0 unspecified atom stereocenters. The van der Waals surface area contributed by atoms with Gasteiger partial charge < -0.3 is 11.1 Å². The Balaban J connectivity index is 2.35. The maximum absolute atomic E-state index is 11.6. The summed E-state index contributed by atoms with van der Waals surface area (Å²) < 4.78 is 1.59. The van der Waals surface area contributed by atoms with Crippen LogP contribution in [-0.4, -0.2) is 26.7 Å². The molecule has 0 fully saturated rings. The molecule has 3 N–H and O–H groups in total. The van der Waals surface area contributed by atoms with Crippen molar-refractivity contribution < 1.29 is 4.79 Å². The molecule has 6 nitrogen and oxygen atoms in total. The zero-order valence-electron chi connectivity index (χ0n) is 9.97. The average molecular weight is 225 g/mol. The van der Waals surface area contributed by atoms with Crippen molar-refractivity contribution >= 4 is 5.91 Å². The number of amides is 1. The molecule has 0 aliphatic carbocycles. The number of nitrogens with two attached hydrogens (primary N) is 1. The largest absolute Gasteiger partial charge is 0.347 e. The summed E-state index contributed by atoms with van der Waals surface area (Å²) in [5.74, 6) is 0.850. The van der Waals surface area contributed by atoms with Crippen molar-refractivity contribution in [3.8, 4) is 0 Å². The minimum atomic E-state index is -0.455. The van der Waals surface area contributed by atoms with Gasteiger partial charge in [0.1, 0.15) is 6.33 Å². The van der Waals surface area contributed by atoms with Crippen LogP contribution in [0, 0.1) is 5.92 Å². The van der Waals surface area contributed by atoms with Crippen LogP contribution >= 0.6 is 0 Å². The van der Waals surface area contributed by atoms with Crippen molar-refractivity contribution in [2.45, 2.75) is 32.9 Å². The van der Waals surface area contributed by atoms with Crippen molar-refractivity contribution in [3.63, 3.8) is 0 Å². The van der Waals surface area contributed by atoms with E-state index < -0.39 is 6.04 Å². The van der Waals surface area contributed by atoms with E-state index in [1.807, 2.05) is 13.8 Å². The van der Waals surface area contributed by atoms with Gasteiger partial charge in [0.15, 0.2) is 5.82 Å². The van der Waals surface area contributed by atoms with Gasteiger partial charge in [0.25, 0.3) is 0 Å². The lowest BCUT2D eigenvalue weighted by atomic mass is 10.0. The zero-order chi connectivity index (χ0) is 12.1. The average Bonchev–Trinajstić information content (AvgIpc) is 2.59. The Bertz CT molecular complexity index is 347. The molecule has 1 heterocycles. The van der Waals surface area contributed by atoms with E-state index in [1.54, 1.807) is 18.1 Å². The van der Waals surface area contributed by atoms with Gasteiger partial charge in [0.05, 0.1) is 12.6 Å². The second-order valence-electron chi connectivity index (χ2n) is 4.29. The molecule has 0 bridgehead atoms. The Kier molecular flexibility index (Phi) is 4.42. The third-order valence-corrected chi connectivity index (χ3v) is 2.13. The van der Waals surface area contributed by atoms with Crippen LogP contribution in [0.25, 0.3) is 0 Å². The summed E-state index contributed by atoms with van der Waals surface area (Å²) in [6, 6.07) is -0.455. The first-order chi connectivity index (χ1) is 7.49. The van der Waals surface area contributed by atoms with Crippen LogP contribution in [0.3, 0.4) is 0 Å². The van der Waals surface area contributed by atoms with Gasteiger partial charge in [-0.3, -0.25) is 9.48 Å². The molecule has 0 aromatic carbocycles. The van der Waals surface area contributed by atoms with Crippen LogP contribution in [0.2, 0.25) is 0 Å². The molecule has 1 atom stereocenters. The molecule has 0 aliphatic heterocycles. The second kappa shape index (κ2) is 5.60. The third kappa shape index (κ3) is 3.98. The van der Waals surface area contributed by atoms with Crippen LogP contribution in [0.1, 0.15) is 26.1 Å². The van der Waals surface area contributed by atoms with Gasteiger partial charge in [0, 0.05) is 7.05 Å². The minimum Gasteiger partial charge on any atom is -0.347 e. The smallest absolute Gasteiger partial charge is 0.237 e. The molecule has 1 aromatic heterocycles. The van der Waals surface area contributed by atoms with E-state index in [0.717, 1.165) is 0 Å². The normalized spacial score (nSPS) is 12.8. The predicted molar refractivity (Wildman–Crippen MR) is 60.3 cm³/mol. The van der Waals surface area contributed by atoms with Gasteiger partial charge in [-0.1, -0.05) is 13.8 Å². The number of rotatable bonds is 5. The number of nitrogens with zero attached hydrogens (tertiary/aromatic N) is 3. The summed E-state index contributed by atoms with van der Waals surface area (Å²) in [4.78, 5) is 15.6. The number of hydrogen-bond donors (Lipinski definition) is 2. The van der Waals surface area contributed by atoms with Crippen molar-refractivity contribution in [1.29, 1.82) is 0 Å². The second-order valence-corrected chi connectivity index (χ2v) is 4.29. The molecule has 0 saturated heterocycles. The molecule has 0 spiro atoms. The topological polar surface area (TPSA) is 85.8 Å². The standard InChI is InChI=1S/C10H19N5O/c1-7(2)4-8(11)10(16)12-5-9-13-6-15(3)14-9/h6-8H,4-5,11H2,1-3H3,(H,12,16)/t8-/m1/s1. The first-order valence-corrected chi connectivity index (χ1v) is 5.37. The number of carbonyl (C=O) groups excluding carboxylic acids is 1. The van der Waals surface area contributed by atoms with E-state index in [-0.39, 0.29) is 5.91 Å². The fourth-order valence-corrected chi connectivity index (χ4v) is 1.38. The maximum atomic E-state index is 11.6. The maximum Gasteiger partial charge on any atom is 0.237 e. The molecule has 0 aliphatic rings. The first-order valence-electron chi connectivity index (χ1n) is 5.37. The molecule has 0 saturated carbocycles. The quantitative estimate of drug-likeness (QED) is 0.727.